The first-order valence-electron chi connectivity index (χ1n) is 6.20. The van der Waals surface area contributed by atoms with Crippen molar-refractivity contribution < 1.29 is 8.42 Å². The second kappa shape index (κ2) is 5.95. The van der Waals surface area contributed by atoms with Crippen LogP contribution in [0.5, 0.6) is 0 Å². The van der Waals surface area contributed by atoms with E-state index in [0.29, 0.717) is 12.2 Å². The van der Waals surface area contributed by atoms with Crippen molar-refractivity contribution in [2.24, 2.45) is 0 Å². The number of sulfonamides is 1. The van der Waals surface area contributed by atoms with Gasteiger partial charge in [-0.05, 0) is 41.6 Å². The van der Waals surface area contributed by atoms with Crippen LogP contribution in [0.3, 0.4) is 0 Å². The van der Waals surface area contributed by atoms with Crippen LogP contribution in [-0.4, -0.2) is 19.8 Å². The van der Waals surface area contributed by atoms with E-state index >= 15 is 0 Å². The molecule has 0 fully saturated rings. The Labute approximate surface area is 123 Å². The Morgan fingerprint density at radius 3 is 2.40 bits per heavy atom. The first-order chi connectivity index (χ1) is 9.38. The molecule has 1 heterocycles. The maximum Gasteiger partial charge on any atom is 0.218 e. The van der Waals surface area contributed by atoms with E-state index in [1.54, 1.807) is 42.6 Å². The van der Waals surface area contributed by atoms with Gasteiger partial charge in [0.15, 0.2) is 0 Å². The van der Waals surface area contributed by atoms with Gasteiger partial charge in [-0.15, -0.1) is 11.3 Å². The molecule has 1 aromatic carbocycles. The normalized spacial score (nSPS) is 11.9. The van der Waals surface area contributed by atoms with Crippen molar-refractivity contribution in [2.75, 3.05) is 12.8 Å². The first-order valence-corrected chi connectivity index (χ1v) is 8.69. The molecule has 0 unspecified atom stereocenters. The van der Waals surface area contributed by atoms with Gasteiger partial charge in [0, 0.05) is 24.2 Å². The topological polar surface area (TPSA) is 63.4 Å². The molecular weight excluding hydrogens is 292 g/mol. The minimum atomic E-state index is -3.32. The molecule has 0 bridgehead atoms. The summed E-state index contributed by atoms with van der Waals surface area (Å²) in [5.74, 6) is -0.00575. The fourth-order valence-corrected chi connectivity index (χ4v) is 4.00. The molecule has 0 amide bonds. The van der Waals surface area contributed by atoms with Gasteiger partial charge < -0.3 is 5.73 Å². The zero-order chi connectivity index (χ0) is 14.8. The summed E-state index contributed by atoms with van der Waals surface area (Å²) in [5.41, 5.74) is 8.11. The number of nitrogens with two attached hydrogens (primary N) is 1. The lowest BCUT2D eigenvalue weighted by Crippen LogP contribution is -2.27. The van der Waals surface area contributed by atoms with Gasteiger partial charge in [-0.2, -0.15) is 4.31 Å². The van der Waals surface area contributed by atoms with Gasteiger partial charge in [0.2, 0.25) is 10.0 Å². The molecule has 1 aromatic heterocycles. The van der Waals surface area contributed by atoms with Crippen LogP contribution in [-0.2, 0) is 22.3 Å². The van der Waals surface area contributed by atoms with E-state index in [0.717, 1.165) is 16.0 Å². The largest absolute Gasteiger partial charge is 0.399 e. The van der Waals surface area contributed by atoms with Gasteiger partial charge in [0.1, 0.15) is 0 Å². The van der Waals surface area contributed by atoms with Crippen LogP contribution < -0.4 is 5.73 Å². The van der Waals surface area contributed by atoms with Crippen LogP contribution in [0.2, 0.25) is 0 Å². The van der Waals surface area contributed by atoms with E-state index in [9.17, 15) is 8.42 Å². The molecule has 0 saturated carbocycles. The van der Waals surface area contributed by atoms with Crippen LogP contribution in [0.4, 0.5) is 5.69 Å². The van der Waals surface area contributed by atoms with Crippen molar-refractivity contribution in [3.63, 3.8) is 0 Å². The van der Waals surface area contributed by atoms with Gasteiger partial charge >= 0.3 is 0 Å². The molecule has 4 nitrogen and oxygen atoms in total. The molecule has 0 aliphatic rings. The summed E-state index contributed by atoms with van der Waals surface area (Å²) in [6.45, 7) is 2.41. The molecule has 0 saturated heterocycles. The number of hydrogen-bond donors (Lipinski definition) is 1. The van der Waals surface area contributed by atoms with Gasteiger partial charge in [0.05, 0.1) is 5.75 Å². The van der Waals surface area contributed by atoms with Gasteiger partial charge in [-0.25, -0.2) is 8.42 Å². The maximum atomic E-state index is 12.3. The summed E-state index contributed by atoms with van der Waals surface area (Å²) in [4.78, 5) is 1.08. The number of rotatable bonds is 5. The summed E-state index contributed by atoms with van der Waals surface area (Å²) in [6.07, 6.45) is 0. The number of hydrogen-bond acceptors (Lipinski definition) is 4. The summed E-state index contributed by atoms with van der Waals surface area (Å²) >= 11 is 1.58. The van der Waals surface area contributed by atoms with E-state index < -0.39 is 10.0 Å². The second-order valence-electron chi connectivity index (χ2n) is 4.78. The zero-order valence-corrected chi connectivity index (χ0v) is 13.2. The molecule has 0 spiro atoms. The van der Waals surface area contributed by atoms with Crippen LogP contribution >= 0.6 is 11.3 Å². The highest BCUT2D eigenvalue weighted by Gasteiger charge is 2.19. The smallest absolute Gasteiger partial charge is 0.218 e. The Balaban J connectivity index is 2.09. The predicted octanol–water partition coefficient (Wildman–Crippen LogP) is 2.60. The van der Waals surface area contributed by atoms with Gasteiger partial charge in [0.25, 0.3) is 0 Å². The quantitative estimate of drug-likeness (QED) is 0.863. The number of nitrogens with zero attached hydrogens (tertiary/aromatic N) is 1. The lowest BCUT2D eigenvalue weighted by Gasteiger charge is -2.17. The van der Waals surface area contributed by atoms with E-state index in [1.807, 2.05) is 18.4 Å². The number of thiophene rings is 1. The lowest BCUT2D eigenvalue weighted by molar-refractivity contribution is 0.468. The molecule has 0 atom stereocenters. The Hall–Kier alpha value is -1.37. The highest BCUT2D eigenvalue weighted by Crippen LogP contribution is 2.20. The number of benzene rings is 1. The monoisotopic (exact) mass is 310 g/mol. The molecular formula is C14H18N2O2S2. The Kier molecular flexibility index (Phi) is 4.47. The lowest BCUT2D eigenvalue weighted by atomic mass is 10.2. The summed E-state index contributed by atoms with van der Waals surface area (Å²) in [5, 5.41) is 1.98. The predicted molar refractivity (Wildman–Crippen MR) is 84.0 cm³/mol. The van der Waals surface area contributed by atoms with E-state index in [-0.39, 0.29) is 5.75 Å². The molecule has 108 valence electrons. The van der Waals surface area contributed by atoms with Crippen molar-refractivity contribution in [3.8, 4) is 0 Å². The molecule has 2 N–H and O–H groups in total. The van der Waals surface area contributed by atoms with Crippen LogP contribution in [0.1, 0.15) is 16.0 Å². The molecule has 0 aliphatic carbocycles. The van der Waals surface area contributed by atoms with Gasteiger partial charge in [-0.3, -0.25) is 0 Å². The van der Waals surface area contributed by atoms with E-state index in [2.05, 4.69) is 0 Å². The van der Waals surface area contributed by atoms with Crippen molar-refractivity contribution in [3.05, 3.63) is 51.7 Å². The van der Waals surface area contributed by atoms with Crippen LogP contribution in [0.25, 0.3) is 0 Å². The van der Waals surface area contributed by atoms with Crippen LogP contribution in [0.15, 0.2) is 35.7 Å². The Morgan fingerprint density at radius 1 is 1.20 bits per heavy atom. The molecule has 0 aliphatic heterocycles. The molecule has 2 aromatic rings. The van der Waals surface area contributed by atoms with Crippen LogP contribution in [0, 0.1) is 6.92 Å². The highest BCUT2D eigenvalue weighted by molar-refractivity contribution is 7.88. The number of aryl methyl sites for hydroxylation is 1. The highest BCUT2D eigenvalue weighted by atomic mass is 32.2. The summed E-state index contributed by atoms with van der Waals surface area (Å²) < 4.78 is 26.0. The molecule has 0 radical (unpaired) electrons. The first kappa shape index (κ1) is 15.0. The van der Waals surface area contributed by atoms with Crippen molar-refractivity contribution in [1.82, 2.24) is 4.31 Å². The Bertz CT molecular complexity index is 675. The SMILES string of the molecule is Cc1ccsc1CN(C)S(=O)(=O)Cc1ccc(N)cc1. The zero-order valence-electron chi connectivity index (χ0n) is 11.5. The third-order valence-corrected chi connectivity index (χ3v) is 5.92. The minimum Gasteiger partial charge on any atom is -0.399 e. The Morgan fingerprint density at radius 2 is 1.85 bits per heavy atom. The van der Waals surface area contributed by atoms with Gasteiger partial charge in [-0.1, -0.05) is 12.1 Å². The minimum absolute atomic E-state index is 0.00575. The third kappa shape index (κ3) is 3.59. The van der Waals surface area contributed by atoms with Crippen molar-refractivity contribution in [2.45, 2.75) is 19.2 Å². The van der Waals surface area contributed by atoms with E-state index in [1.165, 1.54) is 4.31 Å². The summed E-state index contributed by atoms with van der Waals surface area (Å²) in [6, 6.07) is 8.93. The average Bonchev–Trinajstić information content (AvgIpc) is 2.78. The fraction of sp³-hybridized carbons (Fsp3) is 0.286. The van der Waals surface area contributed by atoms with Crippen molar-refractivity contribution >= 4 is 27.0 Å². The number of nitrogen functional groups attached to an aromatic ring is 1. The second-order valence-corrected chi connectivity index (χ2v) is 7.86. The molecule has 2 rings (SSSR count). The summed E-state index contributed by atoms with van der Waals surface area (Å²) in [7, 11) is -1.70. The van der Waals surface area contributed by atoms with Crippen molar-refractivity contribution in [1.29, 1.82) is 0 Å². The third-order valence-electron chi connectivity index (χ3n) is 3.14. The number of anilines is 1. The fourth-order valence-electron chi connectivity index (χ4n) is 1.80. The molecule has 6 heteroatoms. The average molecular weight is 310 g/mol. The molecule has 20 heavy (non-hydrogen) atoms. The maximum absolute atomic E-state index is 12.3. The standard InChI is InChI=1S/C14H18N2O2S2/c1-11-7-8-19-14(11)9-16(2)20(17,18)10-12-3-5-13(15)6-4-12/h3-8H,9-10,15H2,1-2H3. The van der Waals surface area contributed by atoms with E-state index in [4.69, 9.17) is 5.73 Å².